The molecule has 1 aliphatic heterocycles. The van der Waals surface area contributed by atoms with Crippen LogP contribution in [0.5, 0.6) is 0 Å². The normalized spacial score (nSPS) is 19.0. The topological polar surface area (TPSA) is 59.8 Å². The molecule has 2 aromatic rings. The molecule has 3 rings (SSSR count). The number of para-hydroxylation sites is 1. The number of rotatable bonds is 4. The summed E-state index contributed by atoms with van der Waals surface area (Å²) < 4.78 is 36.1. The number of anilines is 1. The maximum atomic E-state index is 12.3. The third kappa shape index (κ3) is 3.28. The fourth-order valence-corrected chi connectivity index (χ4v) is 3.92. The predicted molar refractivity (Wildman–Crippen MR) is 88.5 cm³/mol. The molecule has 1 aliphatic rings. The van der Waals surface area contributed by atoms with Crippen molar-refractivity contribution in [3.8, 4) is 0 Å². The van der Waals surface area contributed by atoms with E-state index in [0.717, 1.165) is 17.2 Å². The van der Waals surface area contributed by atoms with Crippen molar-refractivity contribution in [3.05, 3.63) is 47.9 Å². The van der Waals surface area contributed by atoms with Gasteiger partial charge in [0.1, 0.15) is 17.6 Å². The van der Waals surface area contributed by atoms with Crippen molar-refractivity contribution in [2.24, 2.45) is 0 Å². The number of furan rings is 1. The largest absolute Gasteiger partial charge is 0.464 e. The van der Waals surface area contributed by atoms with E-state index in [4.69, 9.17) is 9.15 Å². The molecule has 6 heteroatoms. The van der Waals surface area contributed by atoms with E-state index in [2.05, 4.69) is 4.90 Å². The van der Waals surface area contributed by atoms with Gasteiger partial charge >= 0.3 is 0 Å². The zero-order valence-electron chi connectivity index (χ0n) is 13.4. The molecule has 124 valence electrons. The van der Waals surface area contributed by atoms with Crippen LogP contribution in [0.15, 0.2) is 45.7 Å². The van der Waals surface area contributed by atoms with Gasteiger partial charge in [0, 0.05) is 6.54 Å². The number of sulfone groups is 1. The van der Waals surface area contributed by atoms with Crippen molar-refractivity contribution in [2.75, 3.05) is 30.3 Å². The molecule has 0 unspecified atom stereocenters. The highest BCUT2D eigenvalue weighted by Gasteiger charge is 2.27. The lowest BCUT2D eigenvalue weighted by molar-refractivity contribution is 0.0251. The van der Waals surface area contributed by atoms with Crippen LogP contribution >= 0.6 is 0 Å². The molecule has 5 nitrogen and oxygen atoms in total. The highest BCUT2D eigenvalue weighted by atomic mass is 32.2. The van der Waals surface area contributed by atoms with E-state index in [1.54, 1.807) is 19.1 Å². The Labute approximate surface area is 136 Å². The van der Waals surface area contributed by atoms with Gasteiger partial charge < -0.3 is 14.1 Å². The lowest BCUT2D eigenvalue weighted by Crippen LogP contribution is -2.39. The number of morpholine rings is 1. The summed E-state index contributed by atoms with van der Waals surface area (Å²) in [6, 6.07) is 11.0. The van der Waals surface area contributed by atoms with Crippen molar-refractivity contribution in [2.45, 2.75) is 24.8 Å². The molecule has 0 N–H and O–H groups in total. The Kier molecular flexibility index (Phi) is 4.46. The SMILES string of the molecule is CCS(=O)(=O)c1ccccc1N1CCO[C@@H](c2ccc(C)o2)C1. The Hall–Kier alpha value is -1.79. The predicted octanol–water partition coefficient (Wildman–Crippen LogP) is 2.96. The first kappa shape index (κ1) is 16.1. The van der Waals surface area contributed by atoms with Gasteiger partial charge in [-0.25, -0.2) is 8.42 Å². The van der Waals surface area contributed by atoms with Crippen molar-refractivity contribution in [3.63, 3.8) is 0 Å². The molecule has 1 fully saturated rings. The summed E-state index contributed by atoms with van der Waals surface area (Å²) in [5.41, 5.74) is 0.742. The summed E-state index contributed by atoms with van der Waals surface area (Å²) in [5.74, 6) is 1.72. The number of aryl methyl sites for hydroxylation is 1. The lowest BCUT2D eigenvalue weighted by Gasteiger charge is -2.34. The molecule has 0 aliphatic carbocycles. The van der Waals surface area contributed by atoms with Gasteiger partial charge in [-0.05, 0) is 31.2 Å². The van der Waals surface area contributed by atoms with E-state index in [1.165, 1.54) is 0 Å². The van der Waals surface area contributed by atoms with E-state index < -0.39 is 9.84 Å². The molecule has 1 aromatic heterocycles. The quantitative estimate of drug-likeness (QED) is 0.860. The minimum atomic E-state index is -3.26. The lowest BCUT2D eigenvalue weighted by atomic mass is 10.2. The molecule has 2 heterocycles. The average molecular weight is 335 g/mol. The van der Waals surface area contributed by atoms with E-state index in [1.807, 2.05) is 31.2 Å². The number of benzene rings is 1. The molecular formula is C17H21NO4S. The summed E-state index contributed by atoms with van der Waals surface area (Å²) in [6.45, 7) is 5.33. The fourth-order valence-electron chi connectivity index (χ4n) is 2.80. The molecule has 0 spiro atoms. The molecule has 23 heavy (non-hydrogen) atoms. The van der Waals surface area contributed by atoms with Gasteiger partial charge in [0.25, 0.3) is 0 Å². The minimum absolute atomic E-state index is 0.0924. The Morgan fingerprint density at radius 3 is 2.70 bits per heavy atom. The van der Waals surface area contributed by atoms with Crippen LogP contribution in [-0.4, -0.2) is 33.9 Å². The molecule has 0 radical (unpaired) electrons. The third-order valence-corrected chi connectivity index (χ3v) is 5.84. The maximum Gasteiger partial charge on any atom is 0.180 e. The molecular weight excluding hydrogens is 314 g/mol. The van der Waals surface area contributed by atoms with Crippen LogP contribution in [0.1, 0.15) is 24.5 Å². The highest BCUT2D eigenvalue weighted by molar-refractivity contribution is 7.91. The zero-order chi connectivity index (χ0) is 16.4. The Morgan fingerprint density at radius 1 is 1.22 bits per heavy atom. The molecule has 0 amide bonds. The van der Waals surface area contributed by atoms with E-state index in [9.17, 15) is 8.42 Å². The minimum Gasteiger partial charge on any atom is -0.464 e. The average Bonchev–Trinajstić information content (AvgIpc) is 3.01. The van der Waals surface area contributed by atoms with Crippen molar-refractivity contribution in [1.29, 1.82) is 0 Å². The number of hydrogen-bond donors (Lipinski definition) is 0. The Morgan fingerprint density at radius 2 is 2.00 bits per heavy atom. The monoisotopic (exact) mass is 335 g/mol. The summed E-state index contributed by atoms with van der Waals surface area (Å²) in [5, 5.41) is 0. The molecule has 1 aromatic carbocycles. The van der Waals surface area contributed by atoms with Gasteiger partial charge in [0.05, 0.1) is 29.5 Å². The summed E-state index contributed by atoms with van der Waals surface area (Å²) >= 11 is 0. The summed E-state index contributed by atoms with van der Waals surface area (Å²) in [7, 11) is -3.26. The van der Waals surface area contributed by atoms with Gasteiger partial charge in [-0.15, -0.1) is 0 Å². The Bertz CT molecular complexity index is 781. The molecule has 0 saturated carbocycles. The second-order valence-corrected chi connectivity index (χ2v) is 7.87. The number of ether oxygens (including phenoxy) is 1. The Balaban J connectivity index is 1.90. The second-order valence-electron chi connectivity index (χ2n) is 5.63. The standard InChI is InChI=1S/C17H21NO4S/c1-3-23(19,20)17-7-5-4-6-14(17)18-10-11-21-16(12-18)15-9-8-13(2)22-15/h4-9,16H,3,10-12H2,1-2H3/t16-/m1/s1. The first-order valence-corrected chi connectivity index (χ1v) is 9.41. The van der Waals surface area contributed by atoms with Gasteiger partial charge in [0.15, 0.2) is 9.84 Å². The van der Waals surface area contributed by atoms with Gasteiger partial charge in [-0.1, -0.05) is 19.1 Å². The van der Waals surface area contributed by atoms with Crippen LogP contribution in [0.4, 0.5) is 5.69 Å². The first-order chi connectivity index (χ1) is 11.0. The fraction of sp³-hybridized carbons (Fsp3) is 0.412. The van der Waals surface area contributed by atoms with Crippen LogP contribution in [0, 0.1) is 6.92 Å². The molecule has 0 bridgehead atoms. The molecule has 1 saturated heterocycles. The van der Waals surface area contributed by atoms with E-state index >= 15 is 0 Å². The van der Waals surface area contributed by atoms with Crippen LogP contribution in [0.2, 0.25) is 0 Å². The van der Waals surface area contributed by atoms with Crippen molar-refractivity contribution in [1.82, 2.24) is 0 Å². The summed E-state index contributed by atoms with van der Waals surface area (Å²) in [4.78, 5) is 2.45. The zero-order valence-corrected chi connectivity index (χ0v) is 14.2. The second kappa shape index (κ2) is 6.37. The van der Waals surface area contributed by atoms with Gasteiger partial charge in [0.2, 0.25) is 0 Å². The van der Waals surface area contributed by atoms with Crippen LogP contribution in [-0.2, 0) is 14.6 Å². The van der Waals surface area contributed by atoms with Gasteiger partial charge in [-0.3, -0.25) is 0 Å². The number of nitrogens with zero attached hydrogens (tertiary/aromatic N) is 1. The van der Waals surface area contributed by atoms with E-state index in [-0.39, 0.29) is 11.9 Å². The van der Waals surface area contributed by atoms with E-state index in [0.29, 0.717) is 24.6 Å². The van der Waals surface area contributed by atoms with Crippen LogP contribution < -0.4 is 4.90 Å². The van der Waals surface area contributed by atoms with Crippen LogP contribution in [0.25, 0.3) is 0 Å². The first-order valence-electron chi connectivity index (χ1n) is 7.76. The highest BCUT2D eigenvalue weighted by Crippen LogP contribution is 2.31. The smallest absolute Gasteiger partial charge is 0.180 e. The maximum absolute atomic E-state index is 12.3. The van der Waals surface area contributed by atoms with Crippen molar-refractivity contribution < 1.29 is 17.6 Å². The summed E-state index contributed by atoms with van der Waals surface area (Å²) in [6.07, 6.45) is -0.185. The number of hydrogen-bond acceptors (Lipinski definition) is 5. The molecule has 1 atom stereocenters. The van der Waals surface area contributed by atoms with Crippen molar-refractivity contribution >= 4 is 15.5 Å². The third-order valence-electron chi connectivity index (χ3n) is 4.07. The van der Waals surface area contributed by atoms with Crippen LogP contribution in [0.3, 0.4) is 0 Å². The van der Waals surface area contributed by atoms with Gasteiger partial charge in [-0.2, -0.15) is 0 Å².